The van der Waals surface area contributed by atoms with Crippen molar-refractivity contribution in [2.75, 3.05) is 12.8 Å². The van der Waals surface area contributed by atoms with Crippen molar-refractivity contribution in [3.8, 4) is 11.3 Å². The number of benzene rings is 1. The number of aromatic amines is 1. The number of nitrogens with one attached hydrogen (secondary N) is 1. The van der Waals surface area contributed by atoms with Crippen LogP contribution in [-0.4, -0.2) is 23.3 Å². The molecule has 1 aromatic heterocycles. The molecule has 0 spiro atoms. The van der Waals surface area contributed by atoms with Gasteiger partial charge in [0, 0.05) is 17.4 Å². The van der Waals surface area contributed by atoms with Crippen LogP contribution in [0.5, 0.6) is 0 Å². The van der Waals surface area contributed by atoms with E-state index in [2.05, 4.69) is 14.9 Å². The van der Waals surface area contributed by atoms with Crippen LogP contribution >= 0.6 is 0 Å². The number of nitrogen functional groups attached to an aromatic ring is 1. The Labute approximate surface area is 111 Å². The van der Waals surface area contributed by atoms with Crippen molar-refractivity contribution in [1.82, 2.24) is 10.2 Å². The molecule has 0 atom stereocenters. The van der Waals surface area contributed by atoms with Gasteiger partial charge in [-0.25, -0.2) is 4.79 Å². The van der Waals surface area contributed by atoms with E-state index < -0.39 is 17.7 Å². The molecule has 0 aliphatic heterocycles. The van der Waals surface area contributed by atoms with Gasteiger partial charge in [0.05, 0.1) is 23.9 Å². The quantitative estimate of drug-likeness (QED) is 0.656. The molecule has 1 aromatic carbocycles. The first kappa shape index (κ1) is 13.9. The third-order valence-electron chi connectivity index (χ3n) is 2.69. The maximum atomic E-state index is 13.0. The first-order valence-corrected chi connectivity index (χ1v) is 5.43. The predicted octanol–water partition coefficient (Wildman–Crippen LogP) is 2.46. The number of alkyl halides is 3. The third-order valence-corrected chi connectivity index (χ3v) is 2.69. The van der Waals surface area contributed by atoms with Crippen LogP contribution in [0.3, 0.4) is 0 Å². The molecule has 106 valence electrons. The molecule has 20 heavy (non-hydrogen) atoms. The lowest BCUT2D eigenvalue weighted by Gasteiger charge is -2.14. The highest BCUT2D eigenvalue weighted by molar-refractivity contribution is 5.97. The molecule has 1 heterocycles. The molecule has 0 unspecified atom stereocenters. The van der Waals surface area contributed by atoms with Crippen molar-refractivity contribution >= 4 is 11.7 Å². The van der Waals surface area contributed by atoms with Gasteiger partial charge < -0.3 is 10.5 Å². The summed E-state index contributed by atoms with van der Waals surface area (Å²) in [6, 6.07) is 3.11. The van der Waals surface area contributed by atoms with E-state index in [1.54, 1.807) is 0 Å². The predicted molar refractivity (Wildman–Crippen MR) is 64.8 cm³/mol. The Kier molecular flexibility index (Phi) is 3.39. The Morgan fingerprint density at radius 3 is 2.60 bits per heavy atom. The van der Waals surface area contributed by atoms with E-state index in [9.17, 15) is 18.0 Å². The Hall–Kier alpha value is -2.51. The molecule has 0 saturated carbocycles. The van der Waals surface area contributed by atoms with Crippen LogP contribution in [-0.2, 0) is 10.9 Å². The molecule has 0 fully saturated rings. The minimum atomic E-state index is -4.61. The average Bonchev–Trinajstić information content (AvgIpc) is 2.90. The summed E-state index contributed by atoms with van der Waals surface area (Å²) in [6.45, 7) is 0. The lowest BCUT2D eigenvalue weighted by Crippen LogP contribution is -2.12. The van der Waals surface area contributed by atoms with Gasteiger partial charge in [0.2, 0.25) is 0 Å². The zero-order valence-corrected chi connectivity index (χ0v) is 10.3. The van der Waals surface area contributed by atoms with E-state index in [1.165, 1.54) is 12.3 Å². The molecule has 0 amide bonds. The molecule has 2 aromatic rings. The number of hydrogen-bond donors (Lipinski definition) is 2. The number of methoxy groups -OCH3 is 1. The van der Waals surface area contributed by atoms with E-state index in [0.29, 0.717) is 6.07 Å². The summed E-state index contributed by atoms with van der Waals surface area (Å²) in [5, 5.41) is 6.03. The van der Waals surface area contributed by atoms with E-state index in [-0.39, 0.29) is 22.5 Å². The molecule has 0 aliphatic rings. The lowest BCUT2D eigenvalue weighted by atomic mass is 9.99. The summed E-state index contributed by atoms with van der Waals surface area (Å²) >= 11 is 0. The number of rotatable bonds is 2. The minimum absolute atomic E-state index is 0.127. The summed E-state index contributed by atoms with van der Waals surface area (Å²) in [6.07, 6.45) is -3.30. The highest BCUT2D eigenvalue weighted by Crippen LogP contribution is 2.38. The SMILES string of the molecule is COC(=O)c1cc(-c2ccn[nH]2)c(C(F)(F)F)cc1N. The van der Waals surface area contributed by atoms with Crippen molar-refractivity contribution in [2.24, 2.45) is 0 Å². The molecular weight excluding hydrogens is 275 g/mol. The minimum Gasteiger partial charge on any atom is -0.465 e. The number of halogens is 3. The topological polar surface area (TPSA) is 81.0 Å². The normalized spacial score (nSPS) is 11.4. The molecule has 0 aliphatic carbocycles. The zero-order valence-electron chi connectivity index (χ0n) is 10.3. The highest BCUT2D eigenvalue weighted by Gasteiger charge is 2.35. The maximum absolute atomic E-state index is 13.0. The van der Waals surface area contributed by atoms with Crippen LogP contribution < -0.4 is 5.73 Å². The van der Waals surface area contributed by atoms with Gasteiger partial charge in [0.1, 0.15) is 0 Å². The molecule has 5 nitrogen and oxygen atoms in total. The maximum Gasteiger partial charge on any atom is 0.417 e. The molecule has 2 rings (SSSR count). The average molecular weight is 285 g/mol. The fourth-order valence-electron chi connectivity index (χ4n) is 1.77. The Morgan fingerprint density at radius 1 is 1.40 bits per heavy atom. The number of nitrogens with two attached hydrogens (primary N) is 1. The van der Waals surface area contributed by atoms with Crippen LogP contribution in [0.15, 0.2) is 24.4 Å². The van der Waals surface area contributed by atoms with Crippen LogP contribution in [0, 0.1) is 0 Å². The third kappa shape index (κ3) is 2.44. The standard InChI is InChI=1S/C12H10F3N3O2/c1-20-11(19)7-4-6(10-2-3-17-18-10)8(5-9(7)16)12(13,14)15/h2-5H,16H2,1H3,(H,17,18). The monoisotopic (exact) mass is 285 g/mol. The van der Waals surface area contributed by atoms with Crippen LogP contribution in [0.4, 0.5) is 18.9 Å². The number of anilines is 1. The van der Waals surface area contributed by atoms with Crippen LogP contribution in [0.25, 0.3) is 11.3 Å². The van der Waals surface area contributed by atoms with Gasteiger partial charge in [0.15, 0.2) is 0 Å². The summed E-state index contributed by atoms with van der Waals surface area (Å²) in [7, 11) is 1.12. The zero-order chi connectivity index (χ0) is 14.9. The van der Waals surface area contributed by atoms with Crippen molar-refractivity contribution in [3.05, 3.63) is 35.5 Å². The molecule has 0 saturated heterocycles. The first-order chi connectivity index (χ1) is 9.34. The number of aromatic nitrogens is 2. The smallest absolute Gasteiger partial charge is 0.417 e. The molecule has 0 bridgehead atoms. The molecule has 8 heteroatoms. The van der Waals surface area contributed by atoms with E-state index in [4.69, 9.17) is 5.73 Å². The number of esters is 1. The van der Waals surface area contributed by atoms with E-state index in [0.717, 1.165) is 13.2 Å². The summed E-state index contributed by atoms with van der Waals surface area (Å²) in [5.41, 5.74) is 4.01. The van der Waals surface area contributed by atoms with Gasteiger partial charge in [-0.15, -0.1) is 0 Å². The molecular formula is C12H10F3N3O2. The Morgan fingerprint density at radius 2 is 2.10 bits per heavy atom. The van der Waals surface area contributed by atoms with Gasteiger partial charge in [-0.05, 0) is 18.2 Å². The second kappa shape index (κ2) is 4.87. The number of nitrogens with zero attached hydrogens (tertiary/aromatic N) is 1. The van der Waals surface area contributed by atoms with Gasteiger partial charge in [0.25, 0.3) is 0 Å². The summed E-state index contributed by atoms with van der Waals surface area (Å²) < 4.78 is 43.6. The molecule has 0 radical (unpaired) electrons. The largest absolute Gasteiger partial charge is 0.465 e. The number of H-pyrrole nitrogens is 1. The number of ether oxygens (including phenoxy) is 1. The van der Waals surface area contributed by atoms with Gasteiger partial charge in [-0.3, -0.25) is 5.10 Å². The number of carbonyl (C=O) groups excluding carboxylic acids is 1. The number of carbonyl (C=O) groups is 1. The molecule has 3 N–H and O–H groups in total. The van der Waals surface area contributed by atoms with E-state index >= 15 is 0 Å². The summed E-state index contributed by atoms with van der Waals surface area (Å²) in [5.74, 6) is -0.808. The lowest BCUT2D eigenvalue weighted by molar-refractivity contribution is -0.137. The van der Waals surface area contributed by atoms with Crippen LogP contribution in [0.2, 0.25) is 0 Å². The van der Waals surface area contributed by atoms with E-state index in [1.807, 2.05) is 0 Å². The van der Waals surface area contributed by atoms with Gasteiger partial charge >= 0.3 is 12.1 Å². The Bertz CT molecular complexity index is 636. The highest BCUT2D eigenvalue weighted by atomic mass is 19.4. The fraction of sp³-hybridized carbons (Fsp3) is 0.167. The first-order valence-electron chi connectivity index (χ1n) is 5.43. The Balaban J connectivity index is 2.71. The fourth-order valence-corrected chi connectivity index (χ4v) is 1.77. The van der Waals surface area contributed by atoms with Gasteiger partial charge in [-0.1, -0.05) is 0 Å². The van der Waals surface area contributed by atoms with Gasteiger partial charge in [-0.2, -0.15) is 18.3 Å². The second-order valence-corrected chi connectivity index (χ2v) is 3.94. The van der Waals surface area contributed by atoms with Crippen molar-refractivity contribution in [2.45, 2.75) is 6.18 Å². The van der Waals surface area contributed by atoms with Crippen molar-refractivity contribution in [3.63, 3.8) is 0 Å². The number of hydrogen-bond acceptors (Lipinski definition) is 4. The van der Waals surface area contributed by atoms with Crippen LogP contribution in [0.1, 0.15) is 15.9 Å². The van der Waals surface area contributed by atoms with Crippen molar-refractivity contribution < 1.29 is 22.7 Å². The summed E-state index contributed by atoms with van der Waals surface area (Å²) in [4.78, 5) is 11.5. The van der Waals surface area contributed by atoms with Crippen molar-refractivity contribution in [1.29, 1.82) is 0 Å². The second-order valence-electron chi connectivity index (χ2n) is 3.94.